The van der Waals surface area contributed by atoms with Crippen molar-refractivity contribution < 1.29 is 27.4 Å². The Morgan fingerprint density at radius 3 is 2.07 bits per heavy atom. The van der Waals surface area contributed by atoms with Crippen molar-refractivity contribution in [3.05, 3.63) is 60.2 Å². The molecule has 2 aromatic carbocycles. The van der Waals surface area contributed by atoms with E-state index >= 15 is 0 Å². The molecule has 28 heavy (non-hydrogen) atoms. The zero-order valence-electron chi connectivity index (χ0n) is 14.9. The Hall–Kier alpha value is -3.49. The average Bonchev–Trinajstić information content (AvgIpc) is 2.68. The van der Waals surface area contributed by atoms with Gasteiger partial charge in [0.2, 0.25) is 17.7 Å². The van der Waals surface area contributed by atoms with E-state index in [9.17, 15) is 13.2 Å². The van der Waals surface area contributed by atoms with Crippen LogP contribution in [0.3, 0.4) is 0 Å². The minimum Gasteiger partial charge on any atom is -0.481 e. The molecule has 0 atom stereocenters. The third kappa shape index (κ3) is 4.81. The van der Waals surface area contributed by atoms with Crippen LogP contribution < -0.4 is 19.5 Å². The normalized spacial score (nSPS) is 11.0. The van der Waals surface area contributed by atoms with Crippen molar-refractivity contribution in [2.24, 2.45) is 0 Å². The van der Waals surface area contributed by atoms with Gasteiger partial charge in [0.1, 0.15) is 17.2 Å². The van der Waals surface area contributed by atoms with Gasteiger partial charge in [-0.15, -0.1) is 0 Å². The van der Waals surface area contributed by atoms with Crippen LogP contribution in [0.15, 0.2) is 54.6 Å². The summed E-state index contributed by atoms with van der Waals surface area (Å²) in [5, 5.41) is 2.80. The van der Waals surface area contributed by atoms with Gasteiger partial charge in [-0.1, -0.05) is 6.07 Å². The molecule has 1 N–H and O–H groups in total. The van der Waals surface area contributed by atoms with Crippen molar-refractivity contribution in [3.8, 4) is 29.0 Å². The number of anilines is 1. The third-order valence-electron chi connectivity index (χ3n) is 3.56. The summed E-state index contributed by atoms with van der Waals surface area (Å²) in [7, 11) is 3.14. The number of benzene rings is 2. The van der Waals surface area contributed by atoms with Gasteiger partial charge in [-0.3, -0.25) is 0 Å². The first kappa shape index (κ1) is 19.3. The second-order valence-electron chi connectivity index (χ2n) is 5.52. The lowest BCUT2D eigenvalue weighted by atomic mass is 10.2. The van der Waals surface area contributed by atoms with Gasteiger partial charge in [-0.05, 0) is 42.5 Å². The topological polar surface area (TPSA) is 65.5 Å². The van der Waals surface area contributed by atoms with Crippen molar-refractivity contribution in [3.63, 3.8) is 0 Å². The molecule has 0 amide bonds. The number of halogens is 3. The quantitative estimate of drug-likeness (QED) is 0.628. The van der Waals surface area contributed by atoms with Crippen LogP contribution in [-0.2, 0) is 6.18 Å². The summed E-state index contributed by atoms with van der Waals surface area (Å²) >= 11 is 0. The maximum atomic E-state index is 12.8. The number of alkyl halides is 3. The molecule has 0 unspecified atom stereocenters. The Morgan fingerprint density at radius 1 is 0.821 bits per heavy atom. The fourth-order valence-electron chi connectivity index (χ4n) is 2.24. The molecule has 0 aliphatic rings. The Bertz CT molecular complexity index is 925. The van der Waals surface area contributed by atoms with Crippen LogP contribution in [0.1, 0.15) is 5.56 Å². The first-order chi connectivity index (χ1) is 13.4. The summed E-state index contributed by atoms with van der Waals surface area (Å²) in [4.78, 5) is 8.23. The van der Waals surface area contributed by atoms with Crippen LogP contribution in [-0.4, -0.2) is 24.1 Å². The van der Waals surface area contributed by atoms with Crippen LogP contribution in [0.25, 0.3) is 0 Å². The van der Waals surface area contributed by atoms with Crippen LogP contribution in [0.5, 0.6) is 29.0 Å². The predicted molar refractivity (Wildman–Crippen MR) is 96.2 cm³/mol. The number of methoxy groups -OCH3 is 1. The summed E-state index contributed by atoms with van der Waals surface area (Å²) in [5.74, 6) is 1.84. The summed E-state index contributed by atoms with van der Waals surface area (Å²) in [6.07, 6.45) is -4.43. The summed E-state index contributed by atoms with van der Waals surface area (Å²) in [6.45, 7) is 0. The van der Waals surface area contributed by atoms with Crippen molar-refractivity contribution in [2.75, 3.05) is 19.5 Å². The molecule has 3 aromatic rings. The van der Waals surface area contributed by atoms with Gasteiger partial charge in [0.25, 0.3) is 0 Å². The number of hydrogen-bond acceptors (Lipinski definition) is 6. The van der Waals surface area contributed by atoms with Crippen LogP contribution >= 0.6 is 0 Å². The number of hydrogen-bond donors (Lipinski definition) is 1. The standard InChI is InChI=1S/C19H16F3N3O3/c1-23-18-24-16(26-2)11-17(25-18)28-14-8-6-13(7-9-14)27-15-5-3-4-12(10-15)19(20,21)22/h3-11H,1-2H3,(H,23,24,25). The van der Waals surface area contributed by atoms with Gasteiger partial charge < -0.3 is 19.5 Å². The minimum absolute atomic E-state index is 0.0858. The summed E-state index contributed by atoms with van der Waals surface area (Å²) in [6, 6.07) is 12.6. The molecule has 0 aliphatic heterocycles. The average molecular weight is 391 g/mol. The van der Waals surface area contributed by atoms with E-state index in [4.69, 9.17) is 14.2 Å². The highest BCUT2D eigenvalue weighted by atomic mass is 19.4. The first-order valence-corrected chi connectivity index (χ1v) is 8.11. The number of aromatic nitrogens is 2. The number of rotatable bonds is 6. The second kappa shape index (κ2) is 8.03. The SMILES string of the molecule is CNc1nc(OC)cc(Oc2ccc(Oc3cccc(C(F)(F)F)c3)cc2)n1. The van der Waals surface area contributed by atoms with Crippen molar-refractivity contribution >= 4 is 5.95 Å². The highest BCUT2D eigenvalue weighted by Gasteiger charge is 2.30. The lowest BCUT2D eigenvalue weighted by Crippen LogP contribution is -2.04. The van der Waals surface area contributed by atoms with Crippen LogP contribution in [0, 0.1) is 0 Å². The van der Waals surface area contributed by atoms with E-state index in [0.29, 0.717) is 23.3 Å². The Balaban J connectivity index is 1.72. The fourth-order valence-corrected chi connectivity index (χ4v) is 2.24. The molecule has 0 aliphatic carbocycles. The molecule has 0 saturated heterocycles. The van der Waals surface area contributed by atoms with Gasteiger partial charge in [0.15, 0.2) is 0 Å². The highest BCUT2D eigenvalue weighted by molar-refractivity contribution is 5.40. The zero-order chi connectivity index (χ0) is 20.1. The largest absolute Gasteiger partial charge is 0.481 e. The van der Waals surface area contributed by atoms with Crippen molar-refractivity contribution in [1.82, 2.24) is 9.97 Å². The molecule has 9 heteroatoms. The molecule has 3 rings (SSSR count). The summed E-state index contributed by atoms with van der Waals surface area (Å²) < 4.78 is 54.6. The van der Waals surface area contributed by atoms with E-state index in [1.54, 1.807) is 31.3 Å². The van der Waals surface area contributed by atoms with Crippen LogP contribution in [0.2, 0.25) is 0 Å². The maximum absolute atomic E-state index is 12.8. The first-order valence-electron chi connectivity index (χ1n) is 8.11. The monoisotopic (exact) mass is 391 g/mol. The van der Waals surface area contributed by atoms with Gasteiger partial charge >= 0.3 is 6.18 Å². The van der Waals surface area contributed by atoms with Crippen molar-refractivity contribution in [2.45, 2.75) is 6.18 Å². The zero-order valence-corrected chi connectivity index (χ0v) is 14.9. The molecule has 0 radical (unpaired) electrons. The molecular formula is C19H16F3N3O3. The molecule has 0 spiro atoms. The molecular weight excluding hydrogens is 375 g/mol. The smallest absolute Gasteiger partial charge is 0.416 e. The van der Waals surface area contributed by atoms with E-state index in [-0.39, 0.29) is 11.6 Å². The van der Waals surface area contributed by atoms with Gasteiger partial charge in [-0.2, -0.15) is 23.1 Å². The van der Waals surface area contributed by atoms with E-state index in [1.165, 1.54) is 25.3 Å². The van der Waals surface area contributed by atoms with Crippen LogP contribution in [0.4, 0.5) is 19.1 Å². The third-order valence-corrected chi connectivity index (χ3v) is 3.56. The number of ether oxygens (including phenoxy) is 3. The Labute approximate surface area is 158 Å². The Morgan fingerprint density at radius 2 is 1.46 bits per heavy atom. The second-order valence-corrected chi connectivity index (χ2v) is 5.52. The highest BCUT2D eigenvalue weighted by Crippen LogP contribution is 2.33. The van der Waals surface area contributed by atoms with Gasteiger partial charge in [0.05, 0.1) is 18.7 Å². The summed E-state index contributed by atoms with van der Waals surface area (Å²) in [5.41, 5.74) is -0.775. The van der Waals surface area contributed by atoms with Gasteiger partial charge in [0, 0.05) is 7.05 Å². The van der Waals surface area contributed by atoms with Gasteiger partial charge in [-0.25, -0.2) is 0 Å². The van der Waals surface area contributed by atoms with E-state index in [1.807, 2.05) is 0 Å². The molecule has 0 saturated carbocycles. The molecule has 0 bridgehead atoms. The van der Waals surface area contributed by atoms with E-state index in [0.717, 1.165) is 12.1 Å². The minimum atomic E-state index is -4.43. The van der Waals surface area contributed by atoms with E-state index < -0.39 is 11.7 Å². The molecule has 146 valence electrons. The molecule has 1 heterocycles. The maximum Gasteiger partial charge on any atom is 0.416 e. The number of nitrogens with zero attached hydrogens (tertiary/aromatic N) is 2. The molecule has 0 fully saturated rings. The molecule has 1 aromatic heterocycles. The Kier molecular flexibility index (Phi) is 5.53. The lowest BCUT2D eigenvalue weighted by Gasteiger charge is -2.11. The molecule has 6 nitrogen and oxygen atoms in total. The number of nitrogens with one attached hydrogen (secondary N) is 1. The fraction of sp³-hybridized carbons (Fsp3) is 0.158. The predicted octanol–water partition coefficient (Wildman–Crippen LogP) is 5.13. The van der Waals surface area contributed by atoms with E-state index in [2.05, 4.69) is 15.3 Å². The van der Waals surface area contributed by atoms with Crippen molar-refractivity contribution in [1.29, 1.82) is 0 Å². The lowest BCUT2D eigenvalue weighted by molar-refractivity contribution is -0.137.